The lowest BCUT2D eigenvalue weighted by molar-refractivity contribution is 0.0723. The number of nitrogens with zero attached hydrogens (tertiary/aromatic N) is 1. The minimum atomic E-state index is -0.235. The molecule has 1 aliphatic carbocycles. The standard InChI is InChI=1S/C21H23FN2O/c22-18-12-16(21-23-19-8-4-5-9-20(19)24-21)10-11-17(18)14-25-13-15-6-2-1-3-7-15/h4-5,8-12,15H,1-3,6-7,13-14H2,(H,23,24). The van der Waals surface area contributed by atoms with E-state index in [0.29, 0.717) is 23.9 Å². The van der Waals surface area contributed by atoms with Crippen molar-refractivity contribution in [3.63, 3.8) is 0 Å². The Labute approximate surface area is 147 Å². The second-order valence-electron chi connectivity index (χ2n) is 6.93. The van der Waals surface area contributed by atoms with Crippen molar-refractivity contribution >= 4 is 11.0 Å². The van der Waals surface area contributed by atoms with E-state index in [0.717, 1.165) is 23.2 Å². The van der Waals surface area contributed by atoms with Gasteiger partial charge in [-0.2, -0.15) is 0 Å². The van der Waals surface area contributed by atoms with Gasteiger partial charge < -0.3 is 9.72 Å². The van der Waals surface area contributed by atoms with Crippen molar-refractivity contribution in [2.45, 2.75) is 38.7 Å². The summed E-state index contributed by atoms with van der Waals surface area (Å²) >= 11 is 0. The largest absolute Gasteiger partial charge is 0.376 e. The molecule has 0 radical (unpaired) electrons. The van der Waals surface area contributed by atoms with E-state index < -0.39 is 0 Å². The van der Waals surface area contributed by atoms with E-state index in [9.17, 15) is 4.39 Å². The van der Waals surface area contributed by atoms with Gasteiger partial charge in [-0.05, 0) is 37.0 Å². The van der Waals surface area contributed by atoms with E-state index in [1.807, 2.05) is 30.3 Å². The molecule has 1 aromatic heterocycles. The lowest BCUT2D eigenvalue weighted by atomic mass is 9.90. The van der Waals surface area contributed by atoms with Crippen LogP contribution < -0.4 is 0 Å². The molecule has 25 heavy (non-hydrogen) atoms. The fraction of sp³-hybridized carbons (Fsp3) is 0.381. The average molecular weight is 338 g/mol. The van der Waals surface area contributed by atoms with Crippen LogP contribution in [0.1, 0.15) is 37.7 Å². The highest BCUT2D eigenvalue weighted by Gasteiger charge is 2.14. The molecule has 1 heterocycles. The fourth-order valence-corrected chi connectivity index (χ4v) is 3.59. The van der Waals surface area contributed by atoms with E-state index in [4.69, 9.17) is 4.74 Å². The molecule has 0 spiro atoms. The number of benzene rings is 2. The molecule has 1 saturated carbocycles. The number of halogens is 1. The maximum absolute atomic E-state index is 14.4. The van der Waals surface area contributed by atoms with Gasteiger partial charge in [0, 0.05) is 17.7 Å². The number of hydrogen-bond donors (Lipinski definition) is 1. The van der Waals surface area contributed by atoms with Gasteiger partial charge in [-0.3, -0.25) is 0 Å². The highest BCUT2D eigenvalue weighted by molar-refractivity contribution is 5.79. The molecule has 0 aliphatic heterocycles. The highest BCUT2D eigenvalue weighted by Crippen LogP contribution is 2.25. The molecule has 3 nitrogen and oxygen atoms in total. The Bertz CT molecular complexity index is 819. The highest BCUT2D eigenvalue weighted by atomic mass is 19.1. The Hall–Kier alpha value is -2.20. The first-order valence-electron chi connectivity index (χ1n) is 9.11. The zero-order chi connectivity index (χ0) is 17.1. The number of rotatable bonds is 5. The number of fused-ring (bicyclic) bond motifs is 1. The maximum Gasteiger partial charge on any atom is 0.138 e. The fourth-order valence-electron chi connectivity index (χ4n) is 3.59. The van der Waals surface area contributed by atoms with Crippen molar-refractivity contribution < 1.29 is 9.13 Å². The van der Waals surface area contributed by atoms with Crippen LogP contribution in [0, 0.1) is 11.7 Å². The summed E-state index contributed by atoms with van der Waals surface area (Å²) in [6, 6.07) is 13.1. The van der Waals surface area contributed by atoms with Crippen LogP contribution in [0.3, 0.4) is 0 Å². The number of aromatic nitrogens is 2. The van der Waals surface area contributed by atoms with Crippen LogP contribution in [0.4, 0.5) is 4.39 Å². The Morgan fingerprint density at radius 1 is 1.08 bits per heavy atom. The number of para-hydroxylation sites is 2. The first-order valence-corrected chi connectivity index (χ1v) is 9.11. The van der Waals surface area contributed by atoms with Gasteiger partial charge in [-0.1, -0.05) is 43.5 Å². The summed E-state index contributed by atoms with van der Waals surface area (Å²) in [4.78, 5) is 7.76. The molecule has 0 bridgehead atoms. The van der Waals surface area contributed by atoms with E-state index >= 15 is 0 Å². The molecule has 130 valence electrons. The third-order valence-corrected chi connectivity index (χ3v) is 5.05. The average Bonchev–Trinajstić information content (AvgIpc) is 3.08. The minimum Gasteiger partial charge on any atom is -0.376 e. The molecule has 0 unspecified atom stereocenters. The van der Waals surface area contributed by atoms with Gasteiger partial charge in [0.15, 0.2) is 0 Å². The second kappa shape index (κ2) is 7.36. The predicted octanol–water partition coefficient (Wildman–Crippen LogP) is 5.47. The van der Waals surface area contributed by atoms with Gasteiger partial charge in [0.25, 0.3) is 0 Å². The molecular weight excluding hydrogens is 315 g/mol. The van der Waals surface area contributed by atoms with Crippen LogP contribution in [0.2, 0.25) is 0 Å². The molecule has 0 atom stereocenters. The smallest absolute Gasteiger partial charge is 0.138 e. The predicted molar refractivity (Wildman–Crippen MR) is 97.7 cm³/mol. The molecular formula is C21H23FN2O. The number of H-pyrrole nitrogens is 1. The number of nitrogens with one attached hydrogen (secondary N) is 1. The Morgan fingerprint density at radius 3 is 2.72 bits per heavy atom. The third-order valence-electron chi connectivity index (χ3n) is 5.05. The first kappa shape index (κ1) is 16.3. The van der Waals surface area contributed by atoms with Crippen molar-refractivity contribution in [2.24, 2.45) is 5.92 Å². The maximum atomic E-state index is 14.4. The lowest BCUT2D eigenvalue weighted by Crippen LogP contribution is -2.13. The second-order valence-corrected chi connectivity index (χ2v) is 6.93. The third kappa shape index (κ3) is 3.74. The number of imidazole rings is 1. The van der Waals surface area contributed by atoms with E-state index in [-0.39, 0.29) is 5.82 Å². The zero-order valence-corrected chi connectivity index (χ0v) is 14.3. The zero-order valence-electron chi connectivity index (χ0n) is 14.3. The molecule has 0 amide bonds. The monoisotopic (exact) mass is 338 g/mol. The quantitative estimate of drug-likeness (QED) is 0.670. The SMILES string of the molecule is Fc1cc(-c2nc3ccccc3[nH]2)ccc1COCC1CCCCC1. The van der Waals surface area contributed by atoms with Crippen molar-refractivity contribution in [2.75, 3.05) is 6.61 Å². The van der Waals surface area contributed by atoms with Crippen LogP contribution in [0.5, 0.6) is 0 Å². The van der Waals surface area contributed by atoms with Gasteiger partial charge in [0.2, 0.25) is 0 Å². The van der Waals surface area contributed by atoms with E-state index in [1.54, 1.807) is 6.07 Å². The molecule has 4 heteroatoms. The minimum absolute atomic E-state index is 0.235. The van der Waals surface area contributed by atoms with Crippen LogP contribution in [0.25, 0.3) is 22.4 Å². The van der Waals surface area contributed by atoms with Gasteiger partial charge in [0.1, 0.15) is 11.6 Å². The van der Waals surface area contributed by atoms with Crippen LogP contribution in [0.15, 0.2) is 42.5 Å². The molecule has 3 aromatic rings. The van der Waals surface area contributed by atoms with Crippen molar-refractivity contribution in [1.29, 1.82) is 0 Å². The Balaban J connectivity index is 1.43. The molecule has 4 rings (SSSR count). The number of ether oxygens (including phenoxy) is 1. The summed E-state index contributed by atoms with van der Waals surface area (Å²) < 4.78 is 20.2. The molecule has 2 aromatic carbocycles. The van der Waals surface area contributed by atoms with Gasteiger partial charge >= 0.3 is 0 Å². The molecule has 0 saturated heterocycles. The van der Waals surface area contributed by atoms with Gasteiger partial charge in [-0.15, -0.1) is 0 Å². The summed E-state index contributed by atoms with van der Waals surface area (Å²) in [5.41, 5.74) is 3.20. The normalized spacial score (nSPS) is 15.7. The van der Waals surface area contributed by atoms with Gasteiger partial charge in [-0.25, -0.2) is 9.37 Å². The molecule has 1 aliphatic rings. The first-order chi connectivity index (χ1) is 12.3. The summed E-state index contributed by atoms with van der Waals surface area (Å²) in [6.45, 7) is 1.08. The summed E-state index contributed by atoms with van der Waals surface area (Å²) in [5, 5.41) is 0. The summed E-state index contributed by atoms with van der Waals surface area (Å²) in [6.07, 6.45) is 6.43. The van der Waals surface area contributed by atoms with Crippen molar-refractivity contribution in [3.05, 3.63) is 53.8 Å². The Kier molecular flexibility index (Phi) is 4.79. The number of aromatic amines is 1. The van der Waals surface area contributed by atoms with E-state index in [1.165, 1.54) is 38.2 Å². The lowest BCUT2D eigenvalue weighted by Gasteiger charge is -2.21. The summed E-state index contributed by atoms with van der Waals surface area (Å²) in [7, 11) is 0. The van der Waals surface area contributed by atoms with Crippen LogP contribution >= 0.6 is 0 Å². The summed E-state index contributed by atoms with van der Waals surface area (Å²) in [5.74, 6) is 1.10. The molecule has 1 N–H and O–H groups in total. The van der Waals surface area contributed by atoms with Crippen molar-refractivity contribution in [3.8, 4) is 11.4 Å². The van der Waals surface area contributed by atoms with Crippen LogP contribution in [-0.4, -0.2) is 16.6 Å². The number of hydrogen-bond acceptors (Lipinski definition) is 2. The Morgan fingerprint density at radius 2 is 1.92 bits per heavy atom. The van der Waals surface area contributed by atoms with Gasteiger partial charge in [0.05, 0.1) is 17.6 Å². The molecule has 1 fully saturated rings. The van der Waals surface area contributed by atoms with Crippen LogP contribution in [-0.2, 0) is 11.3 Å². The topological polar surface area (TPSA) is 37.9 Å². The van der Waals surface area contributed by atoms with Crippen molar-refractivity contribution in [1.82, 2.24) is 9.97 Å². The van der Waals surface area contributed by atoms with E-state index in [2.05, 4.69) is 9.97 Å².